The fourth-order valence-electron chi connectivity index (χ4n) is 1.94. The summed E-state index contributed by atoms with van der Waals surface area (Å²) in [7, 11) is -3.02. The number of hydrogen-bond acceptors (Lipinski definition) is 4. The Morgan fingerprint density at radius 1 is 1.40 bits per heavy atom. The SMILES string of the molecule is CS(=O)(=O)CCC(=O)CC1(CN)CCC1. The minimum Gasteiger partial charge on any atom is -0.330 e. The van der Waals surface area contributed by atoms with Gasteiger partial charge in [-0.25, -0.2) is 8.42 Å². The first-order valence-electron chi connectivity index (χ1n) is 5.26. The normalized spacial score (nSPS) is 19.6. The van der Waals surface area contributed by atoms with E-state index in [4.69, 9.17) is 5.73 Å². The van der Waals surface area contributed by atoms with Crippen molar-refractivity contribution in [3.63, 3.8) is 0 Å². The second-order valence-corrected chi connectivity index (χ2v) is 6.91. The molecule has 1 aliphatic rings. The van der Waals surface area contributed by atoms with Gasteiger partial charge in [0, 0.05) is 19.1 Å². The van der Waals surface area contributed by atoms with Crippen molar-refractivity contribution in [1.82, 2.24) is 0 Å². The number of carbonyl (C=O) groups excluding carboxylic acids is 1. The molecule has 0 aromatic heterocycles. The van der Waals surface area contributed by atoms with E-state index in [0.29, 0.717) is 13.0 Å². The summed E-state index contributed by atoms with van der Waals surface area (Å²) >= 11 is 0. The highest BCUT2D eigenvalue weighted by Crippen LogP contribution is 2.43. The van der Waals surface area contributed by atoms with E-state index >= 15 is 0 Å². The summed E-state index contributed by atoms with van der Waals surface area (Å²) in [4.78, 5) is 11.5. The van der Waals surface area contributed by atoms with E-state index in [1.165, 1.54) is 0 Å². The van der Waals surface area contributed by atoms with Crippen molar-refractivity contribution in [3.05, 3.63) is 0 Å². The van der Waals surface area contributed by atoms with Gasteiger partial charge in [-0.15, -0.1) is 0 Å². The van der Waals surface area contributed by atoms with Crippen molar-refractivity contribution in [2.75, 3.05) is 18.6 Å². The van der Waals surface area contributed by atoms with Crippen LogP contribution in [0.5, 0.6) is 0 Å². The number of hydrogen-bond donors (Lipinski definition) is 1. The Labute approximate surface area is 91.1 Å². The lowest BCUT2D eigenvalue weighted by Gasteiger charge is -2.40. The Morgan fingerprint density at radius 3 is 2.33 bits per heavy atom. The average molecular weight is 233 g/mol. The van der Waals surface area contributed by atoms with Gasteiger partial charge in [0.05, 0.1) is 5.75 Å². The molecular formula is C10H19NO3S. The predicted molar refractivity (Wildman–Crippen MR) is 59.3 cm³/mol. The number of nitrogens with two attached hydrogens (primary N) is 1. The first-order valence-corrected chi connectivity index (χ1v) is 7.32. The van der Waals surface area contributed by atoms with E-state index in [0.717, 1.165) is 25.5 Å². The molecule has 0 bridgehead atoms. The first kappa shape index (κ1) is 12.6. The molecule has 0 aromatic carbocycles. The zero-order chi connectivity index (χ0) is 11.5. The summed E-state index contributed by atoms with van der Waals surface area (Å²) in [6, 6.07) is 0. The van der Waals surface area contributed by atoms with Crippen LogP contribution in [0.4, 0.5) is 0 Å². The van der Waals surface area contributed by atoms with Crippen LogP contribution in [0.25, 0.3) is 0 Å². The molecule has 2 N–H and O–H groups in total. The van der Waals surface area contributed by atoms with Crippen molar-refractivity contribution >= 4 is 15.6 Å². The fourth-order valence-corrected chi connectivity index (χ4v) is 2.53. The van der Waals surface area contributed by atoms with Gasteiger partial charge in [-0.3, -0.25) is 4.79 Å². The van der Waals surface area contributed by atoms with E-state index in [9.17, 15) is 13.2 Å². The molecule has 15 heavy (non-hydrogen) atoms. The van der Waals surface area contributed by atoms with Crippen LogP contribution in [0.15, 0.2) is 0 Å². The highest BCUT2D eigenvalue weighted by atomic mass is 32.2. The maximum atomic E-state index is 11.5. The van der Waals surface area contributed by atoms with Gasteiger partial charge in [0.15, 0.2) is 0 Å². The van der Waals surface area contributed by atoms with Gasteiger partial charge in [-0.1, -0.05) is 6.42 Å². The van der Waals surface area contributed by atoms with Gasteiger partial charge in [0.2, 0.25) is 0 Å². The molecule has 0 amide bonds. The molecule has 0 aromatic rings. The molecule has 1 aliphatic carbocycles. The number of rotatable bonds is 6. The predicted octanol–water partition coefficient (Wildman–Crippen LogP) is 0.509. The largest absolute Gasteiger partial charge is 0.330 e. The van der Waals surface area contributed by atoms with Gasteiger partial charge < -0.3 is 5.73 Å². The van der Waals surface area contributed by atoms with E-state index in [2.05, 4.69) is 0 Å². The molecule has 0 radical (unpaired) electrons. The molecule has 0 atom stereocenters. The topological polar surface area (TPSA) is 77.2 Å². The van der Waals surface area contributed by atoms with Crippen LogP contribution < -0.4 is 5.73 Å². The van der Waals surface area contributed by atoms with Gasteiger partial charge >= 0.3 is 0 Å². The third-order valence-electron chi connectivity index (χ3n) is 3.17. The van der Waals surface area contributed by atoms with Crippen LogP contribution in [-0.4, -0.2) is 32.8 Å². The molecule has 0 unspecified atom stereocenters. The molecule has 1 rings (SSSR count). The van der Waals surface area contributed by atoms with Gasteiger partial charge in [0.1, 0.15) is 15.6 Å². The highest BCUT2D eigenvalue weighted by Gasteiger charge is 2.37. The summed E-state index contributed by atoms with van der Waals surface area (Å²) in [6.07, 6.45) is 4.90. The highest BCUT2D eigenvalue weighted by molar-refractivity contribution is 7.90. The molecule has 0 saturated heterocycles. The van der Waals surface area contributed by atoms with Crippen molar-refractivity contribution in [3.8, 4) is 0 Å². The van der Waals surface area contributed by atoms with Crippen molar-refractivity contribution in [2.45, 2.75) is 32.1 Å². The minimum absolute atomic E-state index is 0.00537. The maximum absolute atomic E-state index is 11.5. The molecule has 88 valence electrons. The number of Topliss-reactive ketones (excluding diaryl/α,β-unsaturated/α-hetero) is 1. The van der Waals surface area contributed by atoms with Gasteiger partial charge in [-0.2, -0.15) is 0 Å². The Morgan fingerprint density at radius 2 is 2.00 bits per heavy atom. The van der Waals surface area contributed by atoms with Crippen molar-refractivity contribution in [2.24, 2.45) is 11.1 Å². The zero-order valence-electron chi connectivity index (χ0n) is 9.16. The average Bonchev–Trinajstić information content (AvgIpc) is 2.07. The summed E-state index contributed by atoms with van der Waals surface area (Å²) in [6.45, 7) is 0.539. The second kappa shape index (κ2) is 4.61. The molecule has 0 spiro atoms. The van der Waals surface area contributed by atoms with E-state index in [-0.39, 0.29) is 23.4 Å². The quantitative estimate of drug-likeness (QED) is 0.725. The van der Waals surface area contributed by atoms with Crippen molar-refractivity contribution in [1.29, 1.82) is 0 Å². The van der Waals surface area contributed by atoms with Crippen LogP contribution in [-0.2, 0) is 14.6 Å². The number of carbonyl (C=O) groups is 1. The number of ketones is 1. The van der Waals surface area contributed by atoms with Crippen LogP contribution in [0.3, 0.4) is 0 Å². The van der Waals surface area contributed by atoms with Gasteiger partial charge in [-0.05, 0) is 24.8 Å². The Bertz CT molecular complexity index is 325. The maximum Gasteiger partial charge on any atom is 0.147 e. The molecular weight excluding hydrogens is 214 g/mol. The number of sulfone groups is 1. The van der Waals surface area contributed by atoms with Crippen LogP contribution in [0.2, 0.25) is 0 Å². The third-order valence-corrected chi connectivity index (χ3v) is 4.12. The third kappa shape index (κ3) is 3.91. The van der Waals surface area contributed by atoms with Crippen LogP contribution in [0, 0.1) is 5.41 Å². The molecule has 1 fully saturated rings. The zero-order valence-corrected chi connectivity index (χ0v) is 9.98. The summed E-state index contributed by atoms with van der Waals surface area (Å²) < 4.78 is 21.8. The Kier molecular flexibility index (Phi) is 3.89. The summed E-state index contributed by atoms with van der Waals surface area (Å²) in [5, 5.41) is 0. The molecule has 1 saturated carbocycles. The lowest BCUT2D eigenvalue weighted by Crippen LogP contribution is -2.39. The van der Waals surface area contributed by atoms with Crippen LogP contribution >= 0.6 is 0 Å². The smallest absolute Gasteiger partial charge is 0.147 e. The molecule has 4 nitrogen and oxygen atoms in total. The van der Waals surface area contributed by atoms with E-state index in [1.807, 2.05) is 0 Å². The van der Waals surface area contributed by atoms with E-state index < -0.39 is 9.84 Å². The van der Waals surface area contributed by atoms with Crippen molar-refractivity contribution < 1.29 is 13.2 Å². The summed E-state index contributed by atoms with van der Waals surface area (Å²) in [5.41, 5.74) is 5.62. The monoisotopic (exact) mass is 233 g/mol. The Hall–Kier alpha value is -0.420. The first-order chi connectivity index (χ1) is 6.87. The standard InChI is InChI=1S/C10H19NO3S/c1-15(13,14)6-3-9(12)7-10(8-11)4-2-5-10/h2-8,11H2,1H3. The summed E-state index contributed by atoms with van der Waals surface area (Å²) in [5.74, 6) is -0.00229. The molecule has 0 heterocycles. The van der Waals surface area contributed by atoms with Crippen LogP contribution in [0.1, 0.15) is 32.1 Å². The Balaban J connectivity index is 2.36. The minimum atomic E-state index is -3.02. The fraction of sp³-hybridized carbons (Fsp3) is 0.900. The van der Waals surface area contributed by atoms with Gasteiger partial charge in [0.25, 0.3) is 0 Å². The lowest BCUT2D eigenvalue weighted by atomic mass is 9.66. The molecule has 0 aliphatic heterocycles. The second-order valence-electron chi connectivity index (χ2n) is 4.65. The lowest BCUT2D eigenvalue weighted by molar-refractivity contribution is -0.122. The molecule has 5 heteroatoms. The van der Waals surface area contributed by atoms with E-state index in [1.54, 1.807) is 0 Å².